The van der Waals surface area contributed by atoms with Crippen molar-refractivity contribution in [3.05, 3.63) is 71.9 Å². The Balaban J connectivity index is 1.76. The third-order valence-corrected chi connectivity index (χ3v) is 3.60. The summed E-state index contributed by atoms with van der Waals surface area (Å²) in [6.45, 7) is 2.40. The fourth-order valence-corrected chi connectivity index (χ4v) is 2.43. The van der Waals surface area contributed by atoms with E-state index in [1.54, 1.807) is 6.92 Å². The Morgan fingerprint density at radius 3 is 2.65 bits per heavy atom. The zero-order chi connectivity index (χ0) is 18.2. The van der Waals surface area contributed by atoms with Crippen LogP contribution in [0, 0.1) is 0 Å². The molecular formula is C20H19N3O3. The molecule has 0 fully saturated rings. The van der Waals surface area contributed by atoms with Gasteiger partial charge in [0.1, 0.15) is 18.1 Å². The van der Waals surface area contributed by atoms with Crippen molar-refractivity contribution in [3.63, 3.8) is 0 Å². The smallest absolute Gasteiger partial charge is 0.361 e. The molecule has 3 aromatic rings. The summed E-state index contributed by atoms with van der Waals surface area (Å²) in [6, 6.07) is 17.4. The number of aromatic nitrogens is 3. The third kappa shape index (κ3) is 4.16. The lowest BCUT2D eigenvalue weighted by Gasteiger charge is -2.09. The summed E-state index contributed by atoms with van der Waals surface area (Å²) in [7, 11) is 0. The highest BCUT2D eigenvalue weighted by molar-refractivity contribution is 5.94. The van der Waals surface area contributed by atoms with Gasteiger partial charge in [0.25, 0.3) is 0 Å². The Hall–Kier alpha value is -3.41. The highest BCUT2D eigenvalue weighted by Gasteiger charge is 2.21. The van der Waals surface area contributed by atoms with Gasteiger partial charge in [-0.05, 0) is 30.7 Å². The Morgan fingerprint density at radius 1 is 1.08 bits per heavy atom. The van der Waals surface area contributed by atoms with Gasteiger partial charge in [0.05, 0.1) is 6.61 Å². The lowest BCUT2D eigenvalue weighted by atomic mass is 10.1. The molecule has 0 amide bonds. The Labute approximate surface area is 151 Å². The molecule has 132 valence electrons. The van der Waals surface area contributed by atoms with E-state index in [2.05, 4.69) is 15.4 Å². The SMILES string of the molecule is CCOC(=O)c1n[nH]nc1-c1ccccc1OCC=Cc1ccccc1. The molecule has 0 aliphatic rings. The molecule has 1 heterocycles. The number of carbonyl (C=O) groups excluding carboxylic acids is 1. The van der Waals surface area contributed by atoms with E-state index in [1.165, 1.54) is 0 Å². The van der Waals surface area contributed by atoms with Gasteiger partial charge in [0.15, 0.2) is 5.69 Å². The van der Waals surface area contributed by atoms with Crippen LogP contribution >= 0.6 is 0 Å². The average molecular weight is 349 g/mol. The van der Waals surface area contributed by atoms with E-state index in [1.807, 2.05) is 66.7 Å². The van der Waals surface area contributed by atoms with Crippen molar-refractivity contribution < 1.29 is 14.3 Å². The van der Waals surface area contributed by atoms with Gasteiger partial charge in [-0.25, -0.2) is 4.79 Å². The largest absolute Gasteiger partial charge is 0.489 e. The van der Waals surface area contributed by atoms with Crippen LogP contribution in [0.1, 0.15) is 23.0 Å². The molecule has 6 nitrogen and oxygen atoms in total. The Bertz CT molecular complexity index is 888. The summed E-state index contributed by atoms with van der Waals surface area (Å²) in [5, 5.41) is 10.5. The summed E-state index contributed by atoms with van der Waals surface area (Å²) >= 11 is 0. The predicted octanol–water partition coefficient (Wildman–Crippen LogP) is 3.74. The van der Waals surface area contributed by atoms with Crippen molar-refractivity contribution in [2.24, 2.45) is 0 Å². The van der Waals surface area contributed by atoms with Crippen molar-refractivity contribution >= 4 is 12.0 Å². The van der Waals surface area contributed by atoms with Crippen LogP contribution in [0.5, 0.6) is 5.75 Å². The molecule has 1 aromatic heterocycles. The first-order chi connectivity index (χ1) is 12.8. The number of H-pyrrole nitrogens is 1. The summed E-state index contributed by atoms with van der Waals surface area (Å²) in [5.41, 5.74) is 2.33. The highest BCUT2D eigenvalue weighted by Crippen LogP contribution is 2.30. The van der Waals surface area contributed by atoms with E-state index < -0.39 is 5.97 Å². The van der Waals surface area contributed by atoms with Crippen molar-refractivity contribution in [2.75, 3.05) is 13.2 Å². The molecule has 0 bridgehead atoms. The zero-order valence-corrected chi connectivity index (χ0v) is 14.4. The molecule has 26 heavy (non-hydrogen) atoms. The number of hydrogen-bond acceptors (Lipinski definition) is 5. The van der Waals surface area contributed by atoms with Gasteiger partial charge >= 0.3 is 5.97 Å². The molecule has 0 radical (unpaired) electrons. The number of carbonyl (C=O) groups is 1. The Morgan fingerprint density at radius 2 is 1.85 bits per heavy atom. The van der Waals surface area contributed by atoms with E-state index in [0.717, 1.165) is 5.56 Å². The van der Waals surface area contributed by atoms with Crippen LogP contribution in [-0.2, 0) is 4.74 Å². The number of aromatic amines is 1. The van der Waals surface area contributed by atoms with Crippen LogP contribution in [0.4, 0.5) is 0 Å². The second-order valence-corrected chi connectivity index (χ2v) is 5.36. The number of ether oxygens (including phenoxy) is 2. The van der Waals surface area contributed by atoms with Crippen LogP contribution in [0.25, 0.3) is 17.3 Å². The summed E-state index contributed by atoms with van der Waals surface area (Å²) < 4.78 is 10.9. The number of para-hydroxylation sites is 1. The summed E-state index contributed by atoms with van der Waals surface area (Å²) in [6.07, 6.45) is 3.92. The van der Waals surface area contributed by atoms with Crippen molar-refractivity contribution in [1.29, 1.82) is 0 Å². The minimum atomic E-state index is -0.518. The van der Waals surface area contributed by atoms with Gasteiger partial charge < -0.3 is 9.47 Å². The number of benzene rings is 2. The van der Waals surface area contributed by atoms with Gasteiger partial charge in [0.2, 0.25) is 0 Å². The third-order valence-electron chi connectivity index (χ3n) is 3.60. The molecular weight excluding hydrogens is 330 g/mol. The van der Waals surface area contributed by atoms with E-state index in [0.29, 0.717) is 23.6 Å². The monoisotopic (exact) mass is 349 g/mol. The minimum Gasteiger partial charge on any atom is -0.489 e. The standard InChI is InChI=1S/C20H19N3O3/c1-2-25-20(24)19-18(21-23-22-19)16-12-6-7-13-17(16)26-14-8-11-15-9-4-3-5-10-15/h3-13H,2,14H2,1H3,(H,21,22,23). The first kappa shape index (κ1) is 17.4. The predicted molar refractivity (Wildman–Crippen MR) is 98.7 cm³/mol. The molecule has 6 heteroatoms. The molecule has 0 aliphatic heterocycles. The quantitative estimate of drug-likeness (QED) is 0.658. The van der Waals surface area contributed by atoms with Crippen molar-refractivity contribution in [2.45, 2.75) is 6.92 Å². The lowest BCUT2D eigenvalue weighted by Crippen LogP contribution is -2.07. The molecule has 0 atom stereocenters. The molecule has 3 rings (SSSR count). The fourth-order valence-electron chi connectivity index (χ4n) is 2.43. The molecule has 1 N–H and O–H groups in total. The average Bonchev–Trinajstić information content (AvgIpc) is 3.16. The van der Waals surface area contributed by atoms with Gasteiger partial charge in [-0.1, -0.05) is 48.5 Å². The maximum absolute atomic E-state index is 12.0. The number of hydrogen-bond donors (Lipinski definition) is 1. The van der Waals surface area contributed by atoms with Crippen LogP contribution in [0.15, 0.2) is 60.7 Å². The van der Waals surface area contributed by atoms with E-state index in [9.17, 15) is 4.79 Å². The number of esters is 1. The van der Waals surface area contributed by atoms with Crippen LogP contribution in [-0.4, -0.2) is 34.6 Å². The van der Waals surface area contributed by atoms with Gasteiger partial charge in [-0.2, -0.15) is 10.3 Å². The zero-order valence-electron chi connectivity index (χ0n) is 14.4. The lowest BCUT2D eigenvalue weighted by molar-refractivity contribution is 0.0520. The molecule has 0 saturated carbocycles. The second kappa shape index (κ2) is 8.62. The maximum atomic E-state index is 12.0. The maximum Gasteiger partial charge on any atom is 0.361 e. The molecule has 0 unspecified atom stereocenters. The van der Waals surface area contributed by atoms with Gasteiger partial charge in [0, 0.05) is 5.56 Å². The van der Waals surface area contributed by atoms with Gasteiger partial charge in [-0.3, -0.25) is 0 Å². The highest BCUT2D eigenvalue weighted by atomic mass is 16.5. The number of nitrogens with one attached hydrogen (secondary N) is 1. The van der Waals surface area contributed by atoms with Gasteiger partial charge in [-0.15, -0.1) is 5.10 Å². The first-order valence-corrected chi connectivity index (χ1v) is 8.31. The molecule has 0 spiro atoms. The number of nitrogens with zero attached hydrogens (tertiary/aromatic N) is 2. The normalized spacial score (nSPS) is 10.8. The molecule has 0 saturated heterocycles. The topological polar surface area (TPSA) is 77.1 Å². The first-order valence-electron chi connectivity index (χ1n) is 8.31. The van der Waals surface area contributed by atoms with E-state index in [-0.39, 0.29) is 12.3 Å². The minimum absolute atomic E-state index is 0.141. The number of rotatable bonds is 7. The fraction of sp³-hybridized carbons (Fsp3) is 0.150. The van der Waals surface area contributed by atoms with Crippen LogP contribution in [0.3, 0.4) is 0 Å². The Kier molecular flexibility index (Phi) is 5.77. The summed E-state index contributed by atoms with van der Waals surface area (Å²) in [5.74, 6) is 0.0969. The molecule has 0 aliphatic carbocycles. The van der Waals surface area contributed by atoms with E-state index >= 15 is 0 Å². The van der Waals surface area contributed by atoms with Crippen molar-refractivity contribution in [1.82, 2.24) is 15.4 Å². The van der Waals surface area contributed by atoms with E-state index in [4.69, 9.17) is 9.47 Å². The second-order valence-electron chi connectivity index (χ2n) is 5.36. The van der Waals surface area contributed by atoms with Crippen LogP contribution < -0.4 is 4.74 Å². The van der Waals surface area contributed by atoms with Crippen LogP contribution in [0.2, 0.25) is 0 Å². The van der Waals surface area contributed by atoms with Crippen molar-refractivity contribution in [3.8, 4) is 17.0 Å². The molecule has 2 aromatic carbocycles. The summed E-state index contributed by atoms with van der Waals surface area (Å²) in [4.78, 5) is 12.0.